The minimum absolute atomic E-state index is 0.0804. The summed E-state index contributed by atoms with van der Waals surface area (Å²) >= 11 is 0. The number of aromatic amines is 1. The Balaban J connectivity index is 1.77. The molecule has 0 aliphatic heterocycles. The highest BCUT2D eigenvalue weighted by Crippen LogP contribution is 2.28. The van der Waals surface area contributed by atoms with Crippen LogP contribution < -0.4 is 16.1 Å². The van der Waals surface area contributed by atoms with E-state index in [1.54, 1.807) is 36.4 Å². The quantitative estimate of drug-likeness (QED) is 0.664. The molecule has 0 unspecified atom stereocenters. The first kappa shape index (κ1) is 17.0. The number of rotatable bonds is 4. The smallest absolute Gasteiger partial charge is 0.263 e. The highest BCUT2D eigenvalue weighted by atomic mass is 16.2. The predicted molar refractivity (Wildman–Crippen MR) is 103 cm³/mol. The van der Waals surface area contributed by atoms with Crippen molar-refractivity contribution >= 4 is 34.4 Å². The van der Waals surface area contributed by atoms with Gasteiger partial charge in [-0.1, -0.05) is 24.6 Å². The van der Waals surface area contributed by atoms with Gasteiger partial charge in [0.05, 0.1) is 5.52 Å². The zero-order valence-electron chi connectivity index (χ0n) is 14.5. The second kappa shape index (κ2) is 7.03. The molecule has 3 N–H and O–H groups in total. The van der Waals surface area contributed by atoms with Gasteiger partial charge in [-0.15, -0.1) is 0 Å². The molecule has 2 aromatic heterocycles. The van der Waals surface area contributed by atoms with E-state index in [9.17, 15) is 14.4 Å². The molecule has 0 radical (unpaired) electrons. The van der Waals surface area contributed by atoms with Crippen LogP contribution in [-0.4, -0.2) is 21.8 Å². The van der Waals surface area contributed by atoms with Crippen LogP contribution in [0.3, 0.4) is 0 Å². The van der Waals surface area contributed by atoms with Crippen molar-refractivity contribution in [2.45, 2.75) is 19.3 Å². The van der Waals surface area contributed by atoms with E-state index >= 15 is 0 Å². The fourth-order valence-electron chi connectivity index (χ4n) is 3.04. The topological polar surface area (TPSA) is 104 Å². The van der Waals surface area contributed by atoms with Crippen molar-refractivity contribution in [3.63, 3.8) is 0 Å². The maximum absolute atomic E-state index is 12.9. The minimum atomic E-state index is -0.598. The number of amides is 2. The van der Waals surface area contributed by atoms with Crippen molar-refractivity contribution in [1.82, 2.24) is 9.97 Å². The van der Waals surface area contributed by atoms with Gasteiger partial charge in [-0.2, -0.15) is 0 Å². The zero-order valence-corrected chi connectivity index (χ0v) is 14.5. The summed E-state index contributed by atoms with van der Waals surface area (Å²) < 4.78 is 0. The molecule has 1 aliphatic carbocycles. The summed E-state index contributed by atoms with van der Waals surface area (Å²) in [5, 5.41) is 5.43. The molecular formula is C20H18N4O3. The molecule has 2 amide bonds. The Morgan fingerprint density at radius 3 is 2.52 bits per heavy atom. The Labute approximate surface area is 154 Å². The van der Waals surface area contributed by atoms with Crippen molar-refractivity contribution in [3.05, 3.63) is 64.4 Å². The van der Waals surface area contributed by atoms with Crippen molar-refractivity contribution < 1.29 is 9.59 Å². The van der Waals surface area contributed by atoms with E-state index < -0.39 is 11.3 Å². The van der Waals surface area contributed by atoms with Gasteiger partial charge in [0.1, 0.15) is 16.9 Å². The molecule has 0 bridgehead atoms. The molecule has 136 valence electrons. The molecule has 4 rings (SSSR count). The fourth-order valence-corrected chi connectivity index (χ4v) is 3.04. The highest BCUT2D eigenvalue weighted by Gasteiger charge is 2.28. The van der Waals surface area contributed by atoms with Crippen LogP contribution in [0.15, 0.2) is 53.5 Å². The second-order valence-electron chi connectivity index (χ2n) is 6.54. The van der Waals surface area contributed by atoms with Gasteiger partial charge in [0.2, 0.25) is 11.3 Å². The largest absolute Gasteiger partial charge is 0.339 e. The fraction of sp³-hybridized carbons (Fsp3) is 0.200. The first-order valence-corrected chi connectivity index (χ1v) is 8.82. The normalized spacial score (nSPS) is 13.8. The maximum atomic E-state index is 12.9. The van der Waals surface area contributed by atoms with Gasteiger partial charge in [-0.25, -0.2) is 0 Å². The SMILES string of the molecule is O=C(Nc1ccccc1)c1c(NC(=O)C2CCC2)[nH]c2cccnc2c1=O. The van der Waals surface area contributed by atoms with E-state index in [4.69, 9.17) is 0 Å². The van der Waals surface area contributed by atoms with Gasteiger partial charge in [0.15, 0.2) is 0 Å². The highest BCUT2D eigenvalue weighted by molar-refractivity contribution is 6.11. The first-order chi connectivity index (χ1) is 13.1. The maximum Gasteiger partial charge on any atom is 0.263 e. The van der Waals surface area contributed by atoms with Crippen molar-refractivity contribution in [1.29, 1.82) is 0 Å². The molecule has 0 spiro atoms. The number of hydrogen-bond acceptors (Lipinski definition) is 4. The van der Waals surface area contributed by atoms with Crippen LogP contribution in [0.2, 0.25) is 0 Å². The Morgan fingerprint density at radius 1 is 1.04 bits per heavy atom. The summed E-state index contributed by atoms with van der Waals surface area (Å²) in [5.41, 5.74) is 0.485. The Bertz CT molecular complexity index is 1070. The molecule has 1 aliphatic rings. The number of hydrogen-bond donors (Lipinski definition) is 3. The molecule has 1 saturated carbocycles. The third kappa shape index (κ3) is 3.31. The number of carbonyl (C=O) groups excluding carboxylic acids is 2. The standard InChI is InChI=1S/C20H18N4O3/c25-17-15(20(27)22-13-8-2-1-3-9-13)18(24-19(26)12-6-4-7-12)23-14-10-5-11-21-16(14)17/h1-3,5,8-12H,4,6-7H2,(H,22,27)(H2,23,24,25,26). The molecule has 27 heavy (non-hydrogen) atoms. The molecule has 7 heteroatoms. The number of anilines is 2. The lowest BCUT2D eigenvalue weighted by atomic mass is 9.85. The Morgan fingerprint density at radius 2 is 1.81 bits per heavy atom. The summed E-state index contributed by atoms with van der Waals surface area (Å²) in [4.78, 5) is 45.2. The number of fused-ring (bicyclic) bond motifs is 1. The number of carbonyl (C=O) groups is 2. The van der Waals surface area contributed by atoms with E-state index in [0.717, 1.165) is 19.3 Å². The summed E-state index contributed by atoms with van der Waals surface area (Å²) in [6.07, 6.45) is 4.13. The molecule has 7 nitrogen and oxygen atoms in total. The van der Waals surface area contributed by atoms with Crippen LogP contribution >= 0.6 is 0 Å². The molecule has 3 aromatic rings. The van der Waals surface area contributed by atoms with Crippen LogP contribution in [0, 0.1) is 5.92 Å². The Hall–Kier alpha value is -3.48. The van der Waals surface area contributed by atoms with Crippen LogP contribution in [0.5, 0.6) is 0 Å². The molecule has 0 saturated heterocycles. The van der Waals surface area contributed by atoms with Crippen LogP contribution in [-0.2, 0) is 4.79 Å². The molecular weight excluding hydrogens is 344 g/mol. The summed E-state index contributed by atoms with van der Waals surface area (Å²) in [5.74, 6) is -0.762. The molecule has 1 fully saturated rings. The third-order valence-corrected chi connectivity index (χ3v) is 4.74. The summed E-state index contributed by atoms with van der Waals surface area (Å²) in [6, 6.07) is 12.2. The van der Waals surface area contributed by atoms with E-state index in [1.165, 1.54) is 6.20 Å². The lowest BCUT2D eigenvalue weighted by Crippen LogP contribution is -2.32. The van der Waals surface area contributed by atoms with Gasteiger partial charge in [0, 0.05) is 17.8 Å². The zero-order chi connectivity index (χ0) is 18.8. The van der Waals surface area contributed by atoms with Gasteiger partial charge < -0.3 is 15.6 Å². The average molecular weight is 362 g/mol. The molecule has 0 atom stereocenters. The number of para-hydroxylation sites is 1. The van der Waals surface area contributed by atoms with Crippen LogP contribution in [0.1, 0.15) is 29.6 Å². The van der Waals surface area contributed by atoms with Crippen molar-refractivity contribution in [2.24, 2.45) is 5.92 Å². The predicted octanol–water partition coefficient (Wildman–Crippen LogP) is 2.91. The number of H-pyrrole nitrogens is 1. The van der Waals surface area contributed by atoms with Gasteiger partial charge in [-0.05, 0) is 37.1 Å². The summed E-state index contributed by atoms with van der Waals surface area (Å²) in [7, 11) is 0. The van der Waals surface area contributed by atoms with Gasteiger partial charge >= 0.3 is 0 Å². The number of nitrogens with zero attached hydrogens (tertiary/aromatic N) is 1. The lowest BCUT2D eigenvalue weighted by Gasteiger charge is -2.24. The van der Waals surface area contributed by atoms with Crippen molar-refractivity contribution in [3.8, 4) is 0 Å². The van der Waals surface area contributed by atoms with E-state index in [2.05, 4.69) is 20.6 Å². The van der Waals surface area contributed by atoms with Crippen LogP contribution in [0.4, 0.5) is 11.5 Å². The number of pyridine rings is 2. The van der Waals surface area contributed by atoms with Crippen molar-refractivity contribution in [2.75, 3.05) is 10.6 Å². The van der Waals surface area contributed by atoms with E-state index in [1.807, 2.05) is 6.07 Å². The van der Waals surface area contributed by atoms with E-state index in [-0.39, 0.29) is 28.7 Å². The summed E-state index contributed by atoms with van der Waals surface area (Å²) in [6.45, 7) is 0. The molecule has 1 aromatic carbocycles. The van der Waals surface area contributed by atoms with E-state index in [0.29, 0.717) is 11.2 Å². The van der Waals surface area contributed by atoms with Gasteiger partial charge in [0.25, 0.3) is 5.91 Å². The number of aromatic nitrogens is 2. The number of benzene rings is 1. The van der Waals surface area contributed by atoms with Crippen LogP contribution in [0.25, 0.3) is 11.0 Å². The average Bonchev–Trinajstić information content (AvgIpc) is 2.61. The second-order valence-corrected chi connectivity index (χ2v) is 6.54. The van der Waals surface area contributed by atoms with Gasteiger partial charge in [-0.3, -0.25) is 19.4 Å². The minimum Gasteiger partial charge on any atom is -0.339 e. The monoisotopic (exact) mass is 362 g/mol. The third-order valence-electron chi connectivity index (χ3n) is 4.74. The molecule has 2 heterocycles. The first-order valence-electron chi connectivity index (χ1n) is 8.82. The number of nitrogens with one attached hydrogen (secondary N) is 3. The lowest BCUT2D eigenvalue weighted by molar-refractivity contribution is -0.122. The Kier molecular flexibility index (Phi) is 4.42.